The molecule has 1 aliphatic heterocycles. The third kappa shape index (κ3) is 7.81. The van der Waals surface area contributed by atoms with Gasteiger partial charge in [-0.1, -0.05) is 41.5 Å². The van der Waals surface area contributed by atoms with Crippen molar-refractivity contribution in [2.75, 3.05) is 34.5 Å². The molecule has 3 aromatic rings. The number of methoxy groups -OCH3 is 3. The van der Waals surface area contributed by atoms with Crippen molar-refractivity contribution in [3.63, 3.8) is 0 Å². The first-order chi connectivity index (χ1) is 21.4. The Kier molecular flexibility index (Phi) is 10.5. The van der Waals surface area contributed by atoms with Gasteiger partial charge in [0.2, 0.25) is 0 Å². The van der Waals surface area contributed by atoms with Crippen molar-refractivity contribution in [1.29, 1.82) is 0 Å². The van der Waals surface area contributed by atoms with Crippen LogP contribution in [0.2, 0.25) is 0 Å². The van der Waals surface area contributed by atoms with Gasteiger partial charge in [0.25, 0.3) is 0 Å². The summed E-state index contributed by atoms with van der Waals surface area (Å²) in [6.45, 7) is 9.87. The summed E-state index contributed by atoms with van der Waals surface area (Å²) < 4.78 is 35.2. The van der Waals surface area contributed by atoms with E-state index in [2.05, 4.69) is 10.0 Å². The molecule has 0 bridgehead atoms. The van der Waals surface area contributed by atoms with Crippen LogP contribution >= 0.6 is 0 Å². The Balaban J connectivity index is 1.83. The van der Waals surface area contributed by atoms with Gasteiger partial charge in [-0.25, -0.2) is 4.79 Å². The molecule has 1 aliphatic rings. The molecule has 0 aliphatic carbocycles. The third-order valence-corrected chi connectivity index (χ3v) is 7.45. The van der Waals surface area contributed by atoms with Crippen LogP contribution in [-0.2, 0) is 20.8 Å². The monoisotopic (exact) mass is 618 g/mol. The number of rotatable bonds is 11. The lowest BCUT2D eigenvalue weighted by Crippen LogP contribution is -2.47. The topological polar surface area (TPSA) is 124 Å². The van der Waals surface area contributed by atoms with E-state index in [1.165, 1.54) is 0 Å². The van der Waals surface area contributed by atoms with E-state index in [0.717, 1.165) is 11.1 Å². The molecule has 1 saturated heterocycles. The molecule has 11 nitrogen and oxygen atoms in total. The minimum Gasteiger partial charge on any atom is -0.497 e. The van der Waals surface area contributed by atoms with E-state index >= 15 is 0 Å². The molecule has 0 N–H and O–H groups in total. The summed E-state index contributed by atoms with van der Waals surface area (Å²) in [5, 5.41) is 4.12. The van der Waals surface area contributed by atoms with E-state index in [1.54, 1.807) is 32.3 Å². The highest BCUT2D eigenvalue weighted by Crippen LogP contribution is 2.47. The first-order valence-corrected chi connectivity index (χ1v) is 14.7. The Morgan fingerprint density at radius 3 is 2.38 bits per heavy atom. The van der Waals surface area contributed by atoms with Crippen LogP contribution in [0.15, 0.2) is 65.8 Å². The molecule has 1 fully saturated rings. The summed E-state index contributed by atoms with van der Waals surface area (Å²) in [4.78, 5) is 18.2. The van der Waals surface area contributed by atoms with Crippen molar-refractivity contribution in [2.24, 2.45) is 5.11 Å². The van der Waals surface area contributed by atoms with Crippen LogP contribution in [0.25, 0.3) is 21.6 Å². The maximum atomic E-state index is 13.4. The second kappa shape index (κ2) is 14.1. The van der Waals surface area contributed by atoms with E-state index in [1.807, 2.05) is 89.2 Å². The van der Waals surface area contributed by atoms with Crippen molar-refractivity contribution in [3.05, 3.63) is 87.8 Å². The molecule has 45 heavy (non-hydrogen) atoms. The van der Waals surface area contributed by atoms with Gasteiger partial charge in [0.1, 0.15) is 28.6 Å². The van der Waals surface area contributed by atoms with Crippen molar-refractivity contribution in [1.82, 2.24) is 4.90 Å². The summed E-state index contributed by atoms with van der Waals surface area (Å²) in [5.41, 5.74) is 11.7. The smallest absolute Gasteiger partial charge is 0.413 e. The molecule has 1 amide bonds. The van der Waals surface area contributed by atoms with E-state index in [-0.39, 0.29) is 13.2 Å². The van der Waals surface area contributed by atoms with Gasteiger partial charge in [-0.05, 0) is 75.0 Å². The highest BCUT2D eigenvalue weighted by Gasteiger charge is 2.46. The summed E-state index contributed by atoms with van der Waals surface area (Å²) in [6.07, 6.45) is -0.478. The fourth-order valence-corrected chi connectivity index (χ4v) is 5.38. The van der Waals surface area contributed by atoms with Crippen LogP contribution in [-0.4, -0.2) is 56.9 Å². The van der Waals surface area contributed by atoms with Crippen LogP contribution in [0.3, 0.4) is 0 Å². The summed E-state index contributed by atoms with van der Waals surface area (Å²) >= 11 is 0. The first kappa shape index (κ1) is 33.5. The molecule has 11 heteroatoms. The quantitative estimate of drug-likeness (QED) is 0.121. The van der Waals surface area contributed by atoms with Gasteiger partial charge in [-0.3, -0.25) is 4.90 Å². The maximum Gasteiger partial charge on any atom is 0.413 e. The van der Waals surface area contributed by atoms with Gasteiger partial charge >= 0.3 is 6.09 Å². The minimum absolute atomic E-state index is 0.0986. The van der Waals surface area contributed by atoms with Gasteiger partial charge in [0, 0.05) is 22.1 Å². The maximum absolute atomic E-state index is 13.4. The highest BCUT2D eigenvalue weighted by molar-refractivity contribution is 5.81. The molecule has 3 aromatic carbocycles. The Morgan fingerprint density at radius 2 is 1.76 bits per heavy atom. The second-order valence-electron chi connectivity index (χ2n) is 12.1. The van der Waals surface area contributed by atoms with Crippen molar-refractivity contribution in [3.8, 4) is 28.4 Å². The highest BCUT2D eigenvalue weighted by atomic mass is 16.6. The molecule has 2 atom stereocenters. The zero-order chi connectivity index (χ0) is 32.8. The van der Waals surface area contributed by atoms with E-state index < -0.39 is 29.5 Å². The fraction of sp³-hybridized carbons (Fsp3) is 0.441. The number of benzene rings is 3. The van der Waals surface area contributed by atoms with Gasteiger partial charge in [0.05, 0.1) is 53.2 Å². The number of azide groups is 1. The van der Waals surface area contributed by atoms with Crippen LogP contribution < -0.4 is 14.2 Å². The minimum atomic E-state index is -0.904. The molecular weight excluding hydrogens is 576 g/mol. The number of nitrogens with zero attached hydrogens (tertiary/aromatic N) is 4. The molecule has 0 spiro atoms. The molecule has 240 valence electrons. The Labute approximate surface area is 264 Å². The largest absolute Gasteiger partial charge is 0.497 e. The zero-order valence-corrected chi connectivity index (χ0v) is 27.2. The van der Waals surface area contributed by atoms with E-state index in [0.29, 0.717) is 40.5 Å². The van der Waals surface area contributed by atoms with Crippen LogP contribution in [0.4, 0.5) is 4.79 Å². The Morgan fingerprint density at radius 1 is 1.04 bits per heavy atom. The van der Waals surface area contributed by atoms with E-state index in [9.17, 15) is 10.3 Å². The van der Waals surface area contributed by atoms with Gasteiger partial charge in [-0.15, -0.1) is 0 Å². The number of hydrogen-bond acceptors (Lipinski definition) is 8. The first-order valence-electron chi connectivity index (χ1n) is 14.7. The lowest BCUT2D eigenvalue weighted by atomic mass is 9.91. The molecule has 0 unspecified atom stereocenters. The normalized spacial score (nSPS) is 16.4. The van der Waals surface area contributed by atoms with Crippen LogP contribution in [0, 0.1) is 0 Å². The van der Waals surface area contributed by atoms with Gasteiger partial charge in [0.15, 0.2) is 0 Å². The zero-order valence-electron chi connectivity index (χ0n) is 27.2. The number of ether oxygens (including phenoxy) is 6. The van der Waals surface area contributed by atoms with Crippen molar-refractivity contribution in [2.45, 2.75) is 64.6 Å². The van der Waals surface area contributed by atoms with Crippen LogP contribution in [0.1, 0.15) is 63.4 Å². The summed E-state index contributed by atoms with van der Waals surface area (Å²) in [6, 6.07) is 17.8. The fourth-order valence-electron chi connectivity index (χ4n) is 5.38. The Hall–Kier alpha value is -4.44. The van der Waals surface area contributed by atoms with Gasteiger partial charge in [-0.2, -0.15) is 0 Å². The second-order valence-corrected chi connectivity index (χ2v) is 12.1. The molecule has 4 rings (SSSR count). The molecule has 1 heterocycles. The molecule has 0 saturated carbocycles. The summed E-state index contributed by atoms with van der Waals surface area (Å²) in [7, 11) is 4.70. The number of carbonyl (C=O) groups is 1. The lowest BCUT2D eigenvalue weighted by molar-refractivity contribution is -0.0626. The van der Waals surface area contributed by atoms with Crippen molar-refractivity contribution >= 4 is 6.09 Å². The average Bonchev–Trinajstić information content (AvgIpc) is 3.34. The predicted octanol–water partition coefficient (Wildman–Crippen LogP) is 7.99. The average molecular weight is 619 g/mol. The lowest BCUT2D eigenvalue weighted by Gasteiger charge is -2.35. The standard InChI is InChI=1S/C34H42N4O7/c1-33(2,3)45-32(39)38-28(21-44-34(38,4)5)23-14-15-29(41-7)26(16-23)31-25(17-24(40-6)18-30(31)42-8)27(36-37-35)20-43-19-22-12-10-9-11-13-22/h9-18,27-28H,19-21H2,1-8H3/t27-,28+/m1/s1. The predicted molar refractivity (Wildman–Crippen MR) is 170 cm³/mol. The molecule has 0 aromatic heterocycles. The number of amides is 1. The molecule has 0 radical (unpaired) electrons. The number of hydrogen-bond donors (Lipinski definition) is 0. The Bertz CT molecular complexity index is 1530. The third-order valence-electron chi connectivity index (χ3n) is 7.45. The molecular formula is C34H42N4O7. The summed E-state index contributed by atoms with van der Waals surface area (Å²) in [5.74, 6) is 1.55. The number of carbonyl (C=O) groups excluding carboxylic acids is 1. The van der Waals surface area contributed by atoms with E-state index in [4.69, 9.17) is 28.4 Å². The SMILES string of the molecule is COc1cc(OC)c(-c2cc([C@@H]3COC(C)(C)N3C(=O)OC(C)(C)C)ccc2OC)c([C@@H](COCc2ccccc2)N=[N+]=[N-])c1. The van der Waals surface area contributed by atoms with Gasteiger partial charge < -0.3 is 28.4 Å². The van der Waals surface area contributed by atoms with Crippen molar-refractivity contribution < 1.29 is 33.2 Å². The van der Waals surface area contributed by atoms with Crippen LogP contribution in [0.5, 0.6) is 17.2 Å².